The van der Waals surface area contributed by atoms with Gasteiger partial charge in [-0.25, -0.2) is 15.0 Å². The van der Waals surface area contributed by atoms with Crippen LogP contribution in [-0.2, 0) is 0 Å². The van der Waals surface area contributed by atoms with Gasteiger partial charge < -0.3 is 4.42 Å². The molecule has 0 saturated carbocycles. The van der Waals surface area contributed by atoms with Crippen molar-refractivity contribution < 1.29 is 4.42 Å². The first-order valence-corrected chi connectivity index (χ1v) is 12.8. The number of hydrogen-bond acceptors (Lipinski definition) is 5. The van der Waals surface area contributed by atoms with Gasteiger partial charge in [-0.2, -0.15) is 0 Å². The zero-order valence-electron chi connectivity index (χ0n) is 20.7. The molecule has 3 heterocycles. The van der Waals surface area contributed by atoms with Crippen molar-refractivity contribution in [3.63, 3.8) is 0 Å². The summed E-state index contributed by atoms with van der Waals surface area (Å²) < 4.78 is 6.17. The van der Waals surface area contributed by atoms with Gasteiger partial charge in [0.05, 0.1) is 0 Å². The maximum absolute atomic E-state index is 6.17. The van der Waals surface area contributed by atoms with Crippen LogP contribution in [0.25, 0.3) is 77.6 Å². The maximum atomic E-state index is 6.17. The molecule has 3 aromatic heterocycles. The molecule has 0 unspecified atom stereocenters. The standard InChI is InChI=1S/C34H20N4O/c1-2-11-24-21(8-1)17-18-22-9-5-13-26(30(22)24)33-36-32(23-10-7-19-35-20-23)37-34(38-33)27-14-6-16-29-31(27)25-12-3-4-15-28(25)39-29/h1-20H. The number of pyridine rings is 1. The number of benzene rings is 5. The molecule has 5 nitrogen and oxygen atoms in total. The van der Waals surface area contributed by atoms with E-state index in [2.05, 4.69) is 71.7 Å². The Hall–Kier alpha value is -5.42. The normalized spacial score (nSPS) is 11.6. The lowest BCUT2D eigenvalue weighted by Crippen LogP contribution is -2.01. The van der Waals surface area contributed by atoms with Crippen molar-refractivity contribution in [1.82, 2.24) is 19.9 Å². The first-order valence-electron chi connectivity index (χ1n) is 12.8. The van der Waals surface area contributed by atoms with Crippen LogP contribution in [0, 0.1) is 0 Å². The molecule has 0 aliphatic heterocycles. The van der Waals surface area contributed by atoms with E-state index in [9.17, 15) is 0 Å². The second-order valence-electron chi connectivity index (χ2n) is 9.52. The third kappa shape index (κ3) is 3.48. The third-order valence-corrected chi connectivity index (χ3v) is 7.21. The molecule has 0 atom stereocenters. The number of aromatic nitrogens is 4. The fraction of sp³-hybridized carbons (Fsp3) is 0. The number of para-hydroxylation sites is 1. The molecular weight excluding hydrogens is 480 g/mol. The molecule has 8 rings (SSSR count). The smallest absolute Gasteiger partial charge is 0.165 e. The SMILES string of the molecule is c1cncc(-c2nc(-c3cccc4ccc5ccccc5c34)nc(-c3cccc4oc5ccccc5c34)n2)c1. The summed E-state index contributed by atoms with van der Waals surface area (Å²) in [4.78, 5) is 19.4. The van der Waals surface area contributed by atoms with Crippen molar-refractivity contribution in [2.75, 3.05) is 0 Å². The second kappa shape index (κ2) is 8.57. The lowest BCUT2D eigenvalue weighted by atomic mass is 9.97. The van der Waals surface area contributed by atoms with Crippen LogP contribution in [0.5, 0.6) is 0 Å². The molecule has 0 aliphatic rings. The minimum absolute atomic E-state index is 0.574. The molecule has 39 heavy (non-hydrogen) atoms. The van der Waals surface area contributed by atoms with E-state index < -0.39 is 0 Å². The molecule has 182 valence electrons. The predicted octanol–water partition coefficient (Wildman–Crippen LogP) is 8.47. The Morgan fingerprint density at radius 1 is 0.462 bits per heavy atom. The Labute approximate surface area is 223 Å². The third-order valence-electron chi connectivity index (χ3n) is 7.21. The van der Waals surface area contributed by atoms with Crippen molar-refractivity contribution in [2.45, 2.75) is 0 Å². The summed E-state index contributed by atoms with van der Waals surface area (Å²) in [5.74, 6) is 1.78. The van der Waals surface area contributed by atoms with E-state index in [0.29, 0.717) is 17.5 Å². The molecule has 0 bridgehead atoms. The van der Waals surface area contributed by atoms with Gasteiger partial charge in [0.2, 0.25) is 0 Å². The van der Waals surface area contributed by atoms with E-state index in [0.717, 1.165) is 49.4 Å². The number of furan rings is 1. The van der Waals surface area contributed by atoms with Gasteiger partial charge in [-0.1, -0.05) is 84.9 Å². The summed E-state index contributed by atoms with van der Waals surface area (Å²) in [6.07, 6.45) is 3.54. The van der Waals surface area contributed by atoms with Gasteiger partial charge in [-0.3, -0.25) is 4.98 Å². The summed E-state index contributed by atoms with van der Waals surface area (Å²) >= 11 is 0. The van der Waals surface area contributed by atoms with Crippen molar-refractivity contribution in [3.8, 4) is 34.2 Å². The number of nitrogens with zero attached hydrogens (tertiary/aromatic N) is 4. The van der Waals surface area contributed by atoms with Crippen molar-refractivity contribution in [3.05, 3.63) is 122 Å². The first kappa shape index (κ1) is 21.6. The molecule has 8 aromatic rings. The molecule has 0 aliphatic carbocycles. The highest BCUT2D eigenvalue weighted by molar-refractivity contribution is 6.14. The molecule has 0 N–H and O–H groups in total. The maximum Gasteiger partial charge on any atom is 0.165 e. The minimum Gasteiger partial charge on any atom is -0.456 e. The summed E-state index contributed by atoms with van der Waals surface area (Å²) in [5, 5.41) is 6.62. The molecule has 0 fully saturated rings. The molecule has 0 amide bonds. The largest absolute Gasteiger partial charge is 0.456 e. The average molecular weight is 501 g/mol. The Morgan fingerprint density at radius 3 is 1.97 bits per heavy atom. The van der Waals surface area contributed by atoms with Crippen molar-refractivity contribution in [1.29, 1.82) is 0 Å². The molecule has 5 aromatic carbocycles. The van der Waals surface area contributed by atoms with Crippen LogP contribution in [0.1, 0.15) is 0 Å². The van der Waals surface area contributed by atoms with E-state index in [1.807, 2.05) is 42.5 Å². The lowest BCUT2D eigenvalue weighted by Gasteiger charge is -2.12. The number of fused-ring (bicyclic) bond motifs is 6. The van der Waals surface area contributed by atoms with E-state index >= 15 is 0 Å². The number of hydrogen-bond donors (Lipinski definition) is 0. The van der Waals surface area contributed by atoms with Crippen molar-refractivity contribution >= 4 is 43.5 Å². The van der Waals surface area contributed by atoms with E-state index in [4.69, 9.17) is 19.4 Å². The molecule has 0 radical (unpaired) electrons. The van der Waals surface area contributed by atoms with Gasteiger partial charge in [-0.15, -0.1) is 0 Å². The summed E-state index contributed by atoms with van der Waals surface area (Å²) in [6, 6.07) is 37.0. The Balaban J connectivity index is 1.47. The minimum atomic E-state index is 0.574. The highest BCUT2D eigenvalue weighted by atomic mass is 16.3. The van der Waals surface area contributed by atoms with Gasteiger partial charge in [0.25, 0.3) is 0 Å². The summed E-state index contributed by atoms with van der Waals surface area (Å²) in [6.45, 7) is 0. The number of rotatable bonds is 3. The van der Waals surface area contributed by atoms with Gasteiger partial charge in [-0.05, 0) is 40.4 Å². The highest BCUT2D eigenvalue weighted by Crippen LogP contribution is 2.38. The molecule has 0 saturated heterocycles. The predicted molar refractivity (Wildman–Crippen MR) is 156 cm³/mol. The molecule has 0 spiro atoms. The Kier molecular flexibility index (Phi) is 4.76. The van der Waals surface area contributed by atoms with Crippen LogP contribution >= 0.6 is 0 Å². The van der Waals surface area contributed by atoms with Gasteiger partial charge in [0.15, 0.2) is 17.5 Å². The van der Waals surface area contributed by atoms with Crippen LogP contribution in [0.3, 0.4) is 0 Å². The van der Waals surface area contributed by atoms with Gasteiger partial charge >= 0.3 is 0 Å². The fourth-order valence-electron chi connectivity index (χ4n) is 5.45. The van der Waals surface area contributed by atoms with Crippen LogP contribution in [0.15, 0.2) is 126 Å². The quantitative estimate of drug-likeness (QED) is 0.228. The molecular formula is C34H20N4O. The van der Waals surface area contributed by atoms with Crippen LogP contribution in [0.2, 0.25) is 0 Å². The first-order chi connectivity index (χ1) is 19.3. The Morgan fingerprint density at radius 2 is 1.13 bits per heavy atom. The fourth-order valence-corrected chi connectivity index (χ4v) is 5.45. The highest BCUT2D eigenvalue weighted by Gasteiger charge is 2.19. The molecule has 5 heteroatoms. The zero-order valence-corrected chi connectivity index (χ0v) is 20.7. The van der Waals surface area contributed by atoms with Gasteiger partial charge in [0, 0.05) is 45.2 Å². The van der Waals surface area contributed by atoms with Crippen molar-refractivity contribution in [2.24, 2.45) is 0 Å². The van der Waals surface area contributed by atoms with Crippen LogP contribution in [-0.4, -0.2) is 19.9 Å². The van der Waals surface area contributed by atoms with E-state index in [-0.39, 0.29) is 0 Å². The average Bonchev–Trinajstić information content (AvgIpc) is 3.40. The second-order valence-corrected chi connectivity index (χ2v) is 9.52. The lowest BCUT2D eigenvalue weighted by molar-refractivity contribution is 0.669. The van der Waals surface area contributed by atoms with E-state index in [1.165, 1.54) is 10.8 Å². The van der Waals surface area contributed by atoms with Gasteiger partial charge in [0.1, 0.15) is 11.2 Å². The topological polar surface area (TPSA) is 64.7 Å². The Bertz CT molecular complexity index is 2180. The van der Waals surface area contributed by atoms with E-state index in [1.54, 1.807) is 12.4 Å². The monoisotopic (exact) mass is 500 g/mol. The van der Waals surface area contributed by atoms with Crippen LogP contribution in [0.4, 0.5) is 0 Å². The summed E-state index contributed by atoms with van der Waals surface area (Å²) in [5.41, 5.74) is 4.33. The van der Waals surface area contributed by atoms with Crippen LogP contribution < -0.4 is 0 Å². The zero-order chi connectivity index (χ0) is 25.8. The summed E-state index contributed by atoms with van der Waals surface area (Å²) in [7, 11) is 0.